The Balaban J connectivity index is -0.00000152. The number of aryl methyl sites for hydroxylation is 1. The van der Waals surface area contributed by atoms with Crippen LogP contribution in [0, 0.1) is 26.2 Å². The predicted octanol–water partition coefficient (Wildman–Crippen LogP) is 3.79. The number of halogens is 1. The second-order valence-electron chi connectivity index (χ2n) is 7.47. The standard InChI is InChI=1S/C22H30BrN4O.2C2H6.CH3.K/c1-16(14-19-17(2)25-11-8-20(19)23)15-27-12-9-18(10-13-27)6-5-7-21(24)22(28)26(3)4;2*1-2;;/h6,8-9,11,14,24H,5,7,10,12-13,15H2,1-4H3;2*1-2H3;1H3;/q-1;;;-1;+1/b16-14+,24-21?;;;;. The van der Waals surface area contributed by atoms with Gasteiger partial charge < -0.3 is 17.2 Å². The summed E-state index contributed by atoms with van der Waals surface area (Å²) in [5.74, 6) is -0.199. The van der Waals surface area contributed by atoms with Gasteiger partial charge in [-0.05, 0) is 45.8 Å². The summed E-state index contributed by atoms with van der Waals surface area (Å²) >= 11 is 3.61. The molecule has 1 aliphatic rings. The number of amides is 1. The number of carbonyl (C=O) groups is 1. The molecule has 1 amide bonds. The maximum Gasteiger partial charge on any atom is 1.00 e. The molecular weight excluding hydrogens is 515 g/mol. The van der Waals surface area contributed by atoms with E-state index in [0.29, 0.717) is 6.42 Å². The topological polar surface area (TPSA) is 60.3 Å². The van der Waals surface area contributed by atoms with Crippen LogP contribution in [0.5, 0.6) is 0 Å². The summed E-state index contributed by atoms with van der Waals surface area (Å²) < 4.78 is 1.08. The molecule has 0 radical (unpaired) electrons. The Morgan fingerprint density at radius 1 is 1.29 bits per heavy atom. The number of nitrogens with zero attached hydrogens (tertiary/aromatic N) is 3. The summed E-state index contributed by atoms with van der Waals surface area (Å²) in [6.07, 6.45) is 10.7. The van der Waals surface area contributed by atoms with Crippen LogP contribution < -0.4 is 51.4 Å². The fourth-order valence-corrected chi connectivity index (χ4v) is 3.72. The Morgan fingerprint density at radius 3 is 2.41 bits per heavy atom. The fraction of sp³-hybridized carbons (Fsp3) is 0.519. The molecule has 0 atom stereocenters. The van der Waals surface area contributed by atoms with E-state index in [2.05, 4.69) is 51.3 Å². The van der Waals surface area contributed by atoms with Crippen molar-refractivity contribution in [2.45, 2.75) is 60.8 Å². The Kier molecular flexibility index (Phi) is 24.7. The first kappa shape index (κ1) is 38.2. The van der Waals surface area contributed by atoms with E-state index in [1.165, 1.54) is 16.0 Å². The zero-order valence-corrected chi connectivity index (χ0v) is 28.0. The summed E-state index contributed by atoms with van der Waals surface area (Å²) in [6.45, 7) is 15.1. The number of rotatable bonds is 8. The van der Waals surface area contributed by atoms with E-state index in [1.54, 1.807) is 14.1 Å². The third-order valence-electron chi connectivity index (χ3n) is 4.79. The van der Waals surface area contributed by atoms with E-state index in [0.717, 1.165) is 48.2 Å². The number of hydrogen-bond acceptors (Lipinski definition) is 4. The van der Waals surface area contributed by atoms with Gasteiger partial charge in [0.1, 0.15) is 0 Å². The number of carbonyl (C=O) groups excluding carboxylic acids is 1. The minimum Gasteiger partial charge on any atom is -0.358 e. The van der Waals surface area contributed by atoms with Crippen molar-refractivity contribution >= 4 is 33.6 Å². The van der Waals surface area contributed by atoms with Crippen molar-refractivity contribution in [2.24, 2.45) is 0 Å². The molecule has 1 aliphatic heterocycles. The molecule has 5 nitrogen and oxygen atoms in total. The molecule has 2 rings (SSSR count). The van der Waals surface area contributed by atoms with Gasteiger partial charge in [-0.1, -0.05) is 61.7 Å². The Bertz CT molecular complexity index is 771. The van der Waals surface area contributed by atoms with Gasteiger partial charge in [0.25, 0.3) is 5.91 Å². The van der Waals surface area contributed by atoms with E-state index >= 15 is 0 Å². The maximum absolute atomic E-state index is 11.7. The summed E-state index contributed by atoms with van der Waals surface area (Å²) in [7, 11) is 3.37. The van der Waals surface area contributed by atoms with Crippen molar-refractivity contribution in [3.8, 4) is 0 Å². The van der Waals surface area contributed by atoms with Crippen LogP contribution in [0.15, 0.2) is 34.0 Å². The van der Waals surface area contributed by atoms with Gasteiger partial charge in [0.2, 0.25) is 0 Å². The van der Waals surface area contributed by atoms with E-state index in [1.807, 2.05) is 46.9 Å². The van der Waals surface area contributed by atoms with Gasteiger partial charge in [0.05, 0.1) is 5.71 Å². The van der Waals surface area contributed by atoms with Gasteiger partial charge in [-0.25, -0.2) is 18.1 Å². The number of hydrogen-bond donors (Lipinski definition) is 1. The molecule has 7 heteroatoms. The molecule has 0 aromatic carbocycles. The molecule has 0 spiro atoms. The van der Waals surface area contributed by atoms with Gasteiger partial charge >= 0.3 is 51.4 Å². The number of aromatic nitrogens is 1. The third kappa shape index (κ3) is 14.3. The van der Waals surface area contributed by atoms with Crippen molar-refractivity contribution in [2.75, 3.05) is 33.7 Å². The Hall–Kier alpha value is -0.284. The molecule has 0 unspecified atom stereocenters. The minimum absolute atomic E-state index is 0. The summed E-state index contributed by atoms with van der Waals surface area (Å²) in [4.78, 5) is 20.0. The van der Waals surface area contributed by atoms with E-state index in [9.17, 15) is 4.79 Å². The average Bonchev–Trinajstić information content (AvgIpc) is 2.79. The largest absolute Gasteiger partial charge is 1.00 e. The van der Waals surface area contributed by atoms with Crippen molar-refractivity contribution in [1.82, 2.24) is 14.8 Å². The zero-order valence-electron chi connectivity index (χ0n) is 23.3. The van der Waals surface area contributed by atoms with Crippen LogP contribution in [-0.2, 0) is 4.79 Å². The van der Waals surface area contributed by atoms with Gasteiger partial charge in [0, 0.05) is 42.6 Å². The minimum atomic E-state index is -0.199. The Labute approximate surface area is 260 Å². The molecular formula is C27H45BrKN4O-. The number of pyridine rings is 1. The molecule has 1 aromatic heterocycles. The third-order valence-corrected chi connectivity index (χ3v) is 5.48. The normalized spacial score (nSPS) is 12.9. The SMILES string of the molecule is C/C(=C\c1c(Br)ccnc1C)CN1CC=C([CH-]CCC(=N)C(=O)N(C)C)CC1.CC.CC.[CH3-].[K+]. The molecule has 0 aliphatic carbocycles. The zero-order chi connectivity index (χ0) is 24.7. The molecule has 0 bridgehead atoms. The van der Waals surface area contributed by atoms with Crippen LogP contribution in [0.1, 0.15) is 65.1 Å². The molecule has 0 saturated heterocycles. The van der Waals surface area contributed by atoms with Crippen LogP contribution in [0.2, 0.25) is 0 Å². The quantitative estimate of drug-likeness (QED) is 0.299. The molecule has 34 heavy (non-hydrogen) atoms. The van der Waals surface area contributed by atoms with Gasteiger partial charge in [-0.15, -0.1) is 0 Å². The maximum atomic E-state index is 11.7. The second kappa shape index (κ2) is 22.0. The first-order valence-corrected chi connectivity index (χ1v) is 12.4. The Morgan fingerprint density at radius 2 is 1.91 bits per heavy atom. The van der Waals surface area contributed by atoms with Gasteiger partial charge in [-0.3, -0.25) is 15.2 Å². The van der Waals surface area contributed by atoms with E-state index in [4.69, 9.17) is 5.41 Å². The molecule has 1 N–H and O–H groups in total. The van der Waals surface area contributed by atoms with Crippen LogP contribution >= 0.6 is 15.9 Å². The molecule has 188 valence electrons. The first-order chi connectivity index (χ1) is 15.3. The number of nitrogens with one attached hydrogen (secondary N) is 1. The molecule has 2 heterocycles. The van der Waals surface area contributed by atoms with Crippen LogP contribution in [-0.4, -0.2) is 60.1 Å². The average molecular weight is 561 g/mol. The summed E-state index contributed by atoms with van der Waals surface area (Å²) in [5.41, 5.74) is 5.00. The van der Waals surface area contributed by atoms with Crippen molar-refractivity contribution in [3.63, 3.8) is 0 Å². The smallest absolute Gasteiger partial charge is 0.358 e. The molecule has 1 aromatic rings. The van der Waals surface area contributed by atoms with Crippen LogP contribution in [0.3, 0.4) is 0 Å². The van der Waals surface area contributed by atoms with Crippen LogP contribution in [0.25, 0.3) is 6.08 Å². The molecule has 0 fully saturated rings. The monoisotopic (exact) mass is 559 g/mol. The first-order valence-electron chi connectivity index (χ1n) is 11.6. The summed E-state index contributed by atoms with van der Waals surface area (Å²) in [6, 6.07) is 1.98. The van der Waals surface area contributed by atoms with Gasteiger partial charge in [0.15, 0.2) is 0 Å². The summed E-state index contributed by atoms with van der Waals surface area (Å²) in [5, 5.41) is 7.82. The van der Waals surface area contributed by atoms with Gasteiger partial charge in [-0.2, -0.15) is 0 Å². The van der Waals surface area contributed by atoms with E-state index < -0.39 is 0 Å². The van der Waals surface area contributed by atoms with Crippen LogP contribution in [0.4, 0.5) is 0 Å². The van der Waals surface area contributed by atoms with Crippen molar-refractivity contribution in [1.29, 1.82) is 5.41 Å². The van der Waals surface area contributed by atoms with E-state index in [-0.39, 0.29) is 70.4 Å². The second-order valence-corrected chi connectivity index (χ2v) is 8.32. The molecule has 0 saturated carbocycles. The predicted molar refractivity (Wildman–Crippen MR) is 149 cm³/mol. The van der Waals surface area contributed by atoms with Crippen molar-refractivity contribution < 1.29 is 56.2 Å². The fourth-order valence-electron chi connectivity index (χ4n) is 3.20. The van der Waals surface area contributed by atoms with Crippen molar-refractivity contribution in [3.05, 3.63) is 59.1 Å².